The largest absolute Gasteiger partial charge is 0.358 e. The Hall–Kier alpha value is -2.58. The fourth-order valence-electron chi connectivity index (χ4n) is 5.74. The standard InChI is InChI=1S/C24H34ClN.C10H19N.C7H16.C6H12.C4H8.C4H10.C2H6/c1-5-8-11-14-21-22-17-20(25)15-16-23(22)26-24(21)18(4)19(12-9-6-2)13-10-7-3;1-5-7-9(3)11-10(4)8-6-2;1-4-6-7(3)5-2;1-4-5-6(2)3;1-4(2)3;1-3-4-2;1-2/h9,12-13,15-18,26H,5-8,10-11,14H2,1-4H3;7H,5-6,8H2,1-4H3;7H,4-6H2,1-3H3;2,4-5H2,1,3H3;1H2,2-3H3;3-4H2,1-2H3;1-2H3/b12-9-,19-13+;9-7+,11-10?;;;;;. The van der Waals surface area contributed by atoms with Crippen molar-refractivity contribution in [1.82, 2.24) is 4.98 Å². The molecule has 2 atom stereocenters. The topological polar surface area (TPSA) is 28.1 Å². The van der Waals surface area contributed by atoms with Gasteiger partial charge in [0.05, 0.1) is 0 Å². The molecule has 0 saturated heterocycles. The highest BCUT2D eigenvalue weighted by molar-refractivity contribution is 6.31. The van der Waals surface area contributed by atoms with Crippen LogP contribution in [0.3, 0.4) is 0 Å². The van der Waals surface area contributed by atoms with Gasteiger partial charge in [0, 0.05) is 38.9 Å². The van der Waals surface area contributed by atoms with Gasteiger partial charge < -0.3 is 4.98 Å². The van der Waals surface area contributed by atoms with E-state index < -0.39 is 0 Å². The quantitative estimate of drug-likeness (QED) is 0.0595. The summed E-state index contributed by atoms with van der Waals surface area (Å²) in [4.78, 5) is 8.15. The number of rotatable bonds is 20. The lowest BCUT2D eigenvalue weighted by Crippen LogP contribution is -2.01. The summed E-state index contributed by atoms with van der Waals surface area (Å²) in [6.07, 6.45) is 29.9. The monoisotopic (exact) mass is 853 g/mol. The molecule has 60 heavy (non-hydrogen) atoms. The van der Waals surface area contributed by atoms with E-state index in [2.05, 4.69) is 163 Å². The van der Waals surface area contributed by atoms with Crippen LogP contribution in [0.15, 0.2) is 83.1 Å². The second-order valence-corrected chi connectivity index (χ2v) is 16.7. The highest BCUT2D eigenvalue weighted by Gasteiger charge is 2.19. The fraction of sp³-hybridized carbons (Fsp3) is 0.667. The molecule has 1 N–H and O–H groups in total. The Morgan fingerprint density at radius 1 is 0.733 bits per heavy atom. The first-order chi connectivity index (χ1) is 28.5. The summed E-state index contributed by atoms with van der Waals surface area (Å²) in [5.74, 6) is 1.32. The minimum Gasteiger partial charge on any atom is -0.358 e. The van der Waals surface area contributed by atoms with Gasteiger partial charge in [-0.15, -0.1) is 13.2 Å². The van der Waals surface area contributed by atoms with Crippen LogP contribution in [0.4, 0.5) is 0 Å². The molecule has 0 radical (unpaired) electrons. The van der Waals surface area contributed by atoms with Crippen LogP contribution in [-0.2, 0) is 6.42 Å². The van der Waals surface area contributed by atoms with E-state index in [0.29, 0.717) is 5.92 Å². The number of hydrogen-bond acceptors (Lipinski definition) is 1. The van der Waals surface area contributed by atoms with E-state index >= 15 is 0 Å². The van der Waals surface area contributed by atoms with Gasteiger partial charge in [-0.1, -0.05) is 208 Å². The Balaban J connectivity index is -0.000000244. The number of fused-ring (bicyclic) bond motifs is 1. The van der Waals surface area contributed by atoms with Crippen molar-refractivity contribution in [1.29, 1.82) is 0 Å². The Kier molecular flexibility index (Phi) is 54.4. The summed E-state index contributed by atoms with van der Waals surface area (Å²) in [5, 5.41) is 2.12. The zero-order valence-electron chi connectivity index (χ0n) is 44.0. The predicted molar refractivity (Wildman–Crippen MR) is 286 cm³/mol. The van der Waals surface area contributed by atoms with Crippen molar-refractivity contribution < 1.29 is 0 Å². The molecular formula is C57H105ClN2. The predicted octanol–water partition coefficient (Wildman–Crippen LogP) is 21.5. The number of unbranched alkanes of at least 4 members (excludes halogenated alkanes) is 4. The number of hydrogen-bond donors (Lipinski definition) is 1. The van der Waals surface area contributed by atoms with Crippen molar-refractivity contribution in [2.75, 3.05) is 0 Å². The maximum atomic E-state index is 6.30. The van der Waals surface area contributed by atoms with Gasteiger partial charge in [-0.3, -0.25) is 4.99 Å². The number of aliphatic imine (C=N–C) groups is 1. The molecule has 2 nitrogen and oxygen atoms in total. The fourth-order valence-corrected chi connectivity index (χ4v) is 5.91. The van der Waals surface area contributed by atoms with E-state index in [-0.39, 0.29) is 0 Å². The van der Waals surface area contributed by atoms with E-state index in [4.69, 9.17) is 11.6 Å². The highest BCUT2D eigenvalue weighted by atomic mass is 35.5. The third kappa shape index (κ3) is 42.1. The summed E-state index contributed by atoms with van der Waals surface area (Å²) >= 11 is 6.30. The van der Waals surface area contributed by atoms with Crippen molar-refractivity contribution in [2.24, 2.45) is 10.9 Å². The Bertz CT molecular complexity index is 1380. The zero-order chi connectivity index (χ0) is 47.3. The molecule has 0 saturated carbocycles. The Morgan fingerprint density at radius 3 is 1.72 bits per heavy atom. The minimum atomic E-state index is 0.368. The smallest absolute Gasteiger partial charge is 0.0460 e. The SMILES string of the molecule is C=C(C)C.C=C(C)CCC.CC.CC/C=C(\C)N=C(C)CCC.CC/C=C\C(=C/CCC)C(C)c1[nH]c2ccc(Cl)cc2c1CCCCC.CCCC.CCCC(C)CC. The van der Waals surface area contributed by atoms with Crippen molar-refractivity contribution in [3.05, 3.63) is 94.4 Å². The molecule has 2 aromatic rings. The van der Waals surface area contributed by atoms with Gasteiger partial charge in [-0.25, -0.2) is 0 Å². The van der Waals surface area contributed by atoms with Gasteiger partial charge in [0.25, 0.3) is 0 Å². The van der Waals surface area contributed by atoms with Gasteiger partial charge in [0.1, 0.15) is 0 Å². The lowest BCUT2D eigenvalue weighted by atomic mass is 9.91. The molecular weight excluding hydrogens is 748 g/mol. The van der Waals surface area contributed by atoms with Gasteiger partial charge in [0.15, 0.2) is 0 Å². The van der Waals surface area contributed by atoms with E-state index in [9.17, 15) is 0 Å². The van der Waals surface area contributed by atoms with Gasteiger partial charge in [0.2, 0.25) is 0 Å². The number of aromatic amines is 1. The first-order valence-corrected chi connectivity index (χ1v) is 25.1. The summed E-state index contributed by atoms with van der Waals surface area (Å²) in [6.45, 7) is 48.1. The molecule has 1 aromatic carbocycles. The molecule has 2 rings (SSSR count). The summed E-state index contributed by atoms with van der Waals surface area (Å²) in [7, 11) is 0. The van der Waals surface area contributed by atoms with E-state index in [1.54, 1.807) is 0 Å². The van der Waals surface area contributed by atoms with Crippen molar-refractivity contribution >= 4 is 28.2 Å². The summed E-state index contributed by atoms with van der Waals surface area (Å²) in [6, 6.07) is 6.23. The molecule has 350 valence electrons. The Morgan fingerprint density at radius 2 is 1.32 bits per heavy atom. The van der Waals surface area contributed by atoms with Crippen molar-refractivity contribution in [2.45, 2.75) is 247 Å². The molecule has 0 aliphatic carbocycles. The number of halogens is 1. The third-order valence-corrected chi connectivity index (χ3v) is 9.45. The molecule has 0 spiro atoms. The summed E-state index contributed by atoms with van der Waals surface area (Å²) < 4.78 is 0. The van der Waals surface area contributed by atoms with Crippen molar-refractivity contribution in [3.63, 3.8) is 0 Å². The molecule has 0 fully saturated rings. The van der Waals surface area contributed by atoms with Crippen LogP contribution in [0, 0.1) is 5.92 Å². The number of nitrogens with zero attached hydrogens (tertiary/aromatic N) is 1. The Labute approximate surface area is 383 Å². The molecule has 0 aliphatic rings. The third-order valence-electron chi connectivity index (χ3n) is 9.21. The molecule has 0 bridgehead atoms. The minimum absolute atomic E-state index is 0.368. The lowest BCUT2D eigenvalue weighted by molar-refractivity contribution is 0.509. The van der Waals surface area contributed by atoms with Crippen LogP contribution >= 0.6 is 11.6 Å². The van der Waals surface area contributed by atoms with Crippen LogP contribution in [-0.4, -0.2) is 10.7 Å². The maximum Gasteiger partial charge on any atom is 0.0460 e. The number of nitrogens with one attached hydrogen (secondary N) is 1. The number of H-pyrrole nitrogens is 1. The number of aryl methyl sites for hydroxylation is 1. The van der Waals surface area contributed by atoms with E-state index in [0.717, 1.165) is 48.7 Å². The highest BCUT2D eigenvalue weighted by Crippen LogP contribution is 2.35. The molecule has 0 aliphatic heterocycles. The number of allylic oxidation sites excluding steroid dienone is 8. The van der Waals surface area contributed by atoms with Gasteiger partial charge in [-0.05, 0) is 115 Å². The lowest BCUT2D eigenvalue weighted by Gasteiger charge is -2.15. The van der Waals surface area contributed by atoms with Crippen LogP contribution in [0.5, 0.6) is 0 Å². The maximum absolute atomic E-state index is 6.30. The van der Waals surface area contributed by atoms with Crippen LogP contribution in [0.1, 0.15) is 251 Å². The average Bonchev–Trinajstić information content (AvgIpc) is 3.56. The zero-order valence-corrected chi connectivity index (χ0v) is 44.7. The van der Waals surface area contributed by atoms with E-state index in [1.807, 2.05) is 33.8 Å². The summed E-state index contributed by atoms with van der Waals surface area (Å²) in [5.41, 5.74) is 10.3. The van der Waals surface area contributed by atoms with Crippen LogP contribution in [0.25, 0.3) is 10.9 Å². The van der Waals surface area contributed by atoms with Gasteiger partial charge >= 0.3 is 0 Å². The molecule has 0 amide bonds. The number of aromatic nitrogens is 1. The molecule has 2 unspecified atom stereocenters. The molecule has 1 heterocycles. The number of benzene rings is 1. The van der Waals surface area contributed by atoms with E-state index in [1.165, 1.54) is 122 Å². The second-order valence-electron chi connectivity index (χ2n) is 16.3. The molecule has 3 heteroatoms. The van der Waals surface area contributed by atoms with Gasteiger partial charge in [-0.2, -0.15) is 0 Å². The average molecular weight is 854 g/mol. The van der Waals surface area contributed by atoms with Crippen LogP contribution in [0.2, 0.25) is 5.02 Å². The van der Waals surface area contributed by atoms with Crippen LogP contribution < -0.4 is 0 Å². The molecule has 1 aromatic heterocycles. The first kappa shape index (κ1) is 66.5. The van der Waals surface area contributed by atoms with Crippen molar-refractivity contribution in [3.8, 4) is 0 Å². The first-order valence-electron chi connectivity index (χ1n) is 24.7. The normalized spacial score (nSPS) is 12.0. The second kappa shape index (κ2) is 49.1.